The van der Waals surface area contributed by atoms with Gasteiger partial charge >= 0.3 is 0 Å². The van der Waals surface area contributed by atoms with Crippen LogP contribution in [0.2, 0.25) is 10.0 Å². The molecule has 3 nitrogen and oxygen atoms in total. The van der Waals surface area contributed by atoms with Crippen molar-refractivity contribution in [2.75, 3.05) is 5.73 Å². The fourth-order valence-corrected chi connectivity index (χ4v) is 2.55. The molecule has 0 saturated heterocycles. The second-order valence-electron chi connectivity index (χ2n) is 4.45. The van der Waals surface area contributed by atoms with E-state index < -0.39 is 0 Å². The van der Waals surface area contributed by atoms with Crippen molar-refractivity contribution in [3.05, 3.63) is 58.6 Å². The van der Waals surface area contributed by atoms with Crippen molar-refractivity contribution < 1.29 is 0 Å². The highest BCUT2D eigenvalue weighted by Crippen LogP contribution is 2.29. The Kier molecular flexibility index (Phi) is 3.38. The highest BCUT2D eigenvalue weighted by molar-refractivity contribution is 6.35. The molecule has 0 unspecified atom stereocenters. The van der Waals surface area contributed by atoms with Crippen LogP contribution >= 0.6 is 23.2 Å². The van der Waals surface area contributed by atoms with Gasteiger partial charge in [0, 0.05) is 26.9 Å². The molecule has 0 fully saturated rings. The van der Waals surface area contributed by atoms with Gasteiger partial charge in [0.15, 0.2) is 0 Å². The molecule has 2 aromatic carbocycles. The lowest BCUT2D eigenvalue weighted by atomic mass is 10.1. The topological polar surface area (TPSA) is 54.7 Å². The first kappa shape index (κ1) is 13.0. The smallest absolute Gasteiger partial charge is 0.0928 e. The third kappa shape index (κ3) is 2.64. The van der Waals surface area contributed by atoms with E-state index >= 15 is 0 Å². The molecule has 20 heavy (non-hydrogen) atoms. The van der Waals surface area contributed by atoms with Crippen molar-refractivity contribution >= 4 is 28.9 Å². The predicted molar refractivity (Wildman–Crippen MR) is 83.9 cm³/mol. The van der Waals surface area contributed by atoms with Crippen molar-refractivity contribution in [2.45, 2.75) is 0 Å². The minimum atomic E-state index is 0.584. The molecule has 0 saturated carbocycles. The fraction of sp³-hybridized carbons (Fsp3) is 0. The molecule has 1 aromatic heterocycles. The Balaban J connectivity index is 2.02. The lowest BCUT2D eigenvalue weighted by Crippen LogP contribution is -1.84. The number of nitrogens with zero attached hydrogens (tertiary/aromatic N) is 1. The second-order valence-corrected chi connectivity index (χ2v) is 5.32. The average molecular weight is 304 g/mol. The van der Waals surface area contributed by atoms with Gasteiger partial charge in [0.2, 0.25) is 0 Å². The van der Waals surface area contributed by atoms with Crippen LogP contribution in [0.5, 0.6) is 0 Å². The maximum Gasteiger partial charge on any atom is 0.0928 e. The number of halogens is 2. The molecule has 0 radical (unpaired) electrons. The number of benzene rings is 2. The third-order valence-electron chi connectivity index (χ3n) is 2.93. The number of aromatic amines is 1. The SMILES string of the molecule is Nc1cccc(-c2cc(-c3cc(Cl)cc(Cl)c3)n[nH]2)c1. The summed E-state index contributed by atoms with van der Waals surface area (Å²) in [5, 5.41) is 8.46. The number of aromatic nitrogens is 2. The van der Waals surface area contributed by atoms with Crippen LogP contribution < -0.4 is 5.73 Å². The quantitative estimate of drug-likeness (QED) is 0.678. The highest BCUT2D eigenvalue weighted by atomic mass is 35.5. The van der Waals surface area contributed by atoms with Gasteiger partial charge in [-0.25, -0.2) is 0 Å². The first-order chi connectivity index (χ1) is 9.61. The summed E-state index contributed by atoms with van der Waals surface area (Å²) in [7, 11) is 0. The van der Waals surface area contributed by atoms with Gasteiger partial charge in [0.05, 0.1) is 11.4 Å². The van der Waals surface area contributed by atoms with Crippen LogP contribution in [0, 0.1) is 0 Å². The number of H-pyrrole nitrogens is 1. The minimum absolute atomic E-state index is 0.584. The van der Waals surface area contributed by atoms with E-state index in [1.54, 1.807) is 6.07 Å². The van der Waals surface area contributed by atoms with Gasteiger partial charge in [0.1, 0.15) is 0 Å². The standard InChI is InChI=1S/C15H11Cl2N3/c16-11-4-10(5-12(17)7-11)15-8-14(19-20-15)9-2-1-3-13(18)6-9/h1-8H,18H2,(H,19,20). The van der Waals surface area contributed by atoms with Crippen LogP contribution in [0.15, 0.2) is 48.5 Å². The van der Waals surface area contributed by atoms with Gasteiger partial charge in [-0.15, -0.1) is 0 Å². The molecule has 0 aliphatic rings. The van der Waals surface area contributed by atoms with Crippen molar-refractivity contribution in [3.63, 3.8) is 0 Å². The molecule has 0 amide bonds. The third-order valence-corrected chi connectivity index (χ3v) is 3.37. The van der Waals surface area contributed by atoms with E-state index in [1.807, 2.05) is 42.5 Å². The molecule has 3 aromatic rings. The summed E-state index contributed by atoms with van der Waals surface area (Å²) < 4.78 is 0. The lowest BCUT2D eigenvalue weighted by Gasteiger charge is -1.99. The number of anilines is 1. The van der Waals surface area contributed by atoms with Crippen LogP contribution in [-0.4, -0.2) is 10.2 Å². The molecule has 3 rings (SSSR count). The molecule has 5 heteroatoms. The van der Waals surface area contributed by atoms with Crippen molar-refractivity contribution in [1.82, 2.24) is 10.2 Å². The normalized spacial score (nSPS) is 10.7. The van der Waals surface area contributed by atoms with Gasteiger partial charge in [-0.05, 0) is 36.4 Å². The molecule has 0 aliphatic heterocycles. The van der Waals surface area contributed by atoms with E-state index in [0.717, 1.165) is 22.5 Å². The summed E-state index contributed by atoms with van der Waals surface area (Å²) in [4.78, 5) is 0. The summed E-state index contributed by atoms with van der Waals surface area (Å²) in [6, 6.07) is 14.9. The Morgan fingerprint density at radius 1 is 0.900 bits per heavy atom. The number of hydrogen-bond acceptors (Lipinski definition) is 2. The summed E-state index contributed by atoms with van der Waals surface area (Å²) in [6.45, 7) is 0. The molecule has 0 aliphatic carbocycles. The van der Waals surface area contributed by atoms with Crippen LogP contribution in [0.4, 0.5) is 5.69 Å². The van der Waals surface area contributed by atoms with Crippen LogP contribution in [0.25, 0.3) is 22.5 Å². The first-order valence-electron chi connectivity index (χ1n) is 5.99. The van der Waals surface area contributed by atoms with Gasteiger partial charge in [-0.3, -0.25) is 5.10 Å². The summed E-state index contributed by atoms with van der Waals surface area (Å²) in [6.07, 6.45) is 0. The van der Waals surface area contributed by atoms with Gasteiger partial charge in [0.25, 0.3) is 0 Å². The summed E-state index contributed by atoms with van der Waals surface area (Å²) in [5.41, 5.74) is 10.0. The highest BCUT2D eigenvalue weighted by Gasteiger charge is 2.07. The Morgan fingerprint density at radius 3 is 2.35 bits per heavy atom. The molecule has 100 valence electrons. The van der Waals surface area contributed by atoms with E-state index in [4.69, 9.17) is 28.9 Å². The largest absolute Gasteiger partial charge is 0.399 e. The Labute approximate surface area is 126 Å². The van der Waals surface area contributed by atoms with Crippen molar-refractivity contribution in [2.24, 2.45) is 0 Å². The zero-order chi connectivity index (χ0) is 14.1. The Hall–Kier alpha value is -1.97. The molecular formula is C15H11Cl2N3. The second kappa shape index (κ2) is 5.19. The van der Waals surface area contributed by atoms with Gasteiger partial charge in [-0.2, -0.15) is 5.10 Å². The predicted octanol–water partition coefficient (Wildman–Crippen LogP) is 4.63. The molecule has 3 N–H and O–H groups in total. The molecular weight excluding hydrogens is 293 g/mol. The molecule has 0 atom stereocenters. The van der Waals surface area contributed by atoms with Crippen molar-refractivity contribution in [1.29, 1.82) is 0 Å². The lowest BCUT2D eigenvalue weighted by molar-refractivity contribution is 1.10. The number of nitrogen functional groups attached to an aromatic ring is 1. The zero-order valence-corrected chi connectivity index (χ0v) is 11.9. The van der Waals surface area contributed by atoms with E-state index in [9.17, 15) is 0 Å². The number of rotatable bonds is 2. The number of nitrogens with one attached hydrogen (secondary N) is 1. The zero-order valence-electron chi connectivity index (χ0n) is 10.4. The Bertz CT molecular complexity index is 745. The van der Waals surface area contributed by atoms with Crippen LogP contribution in [-0.2, 0) is 0 Å². The first-order valence-corrected chi connectivity index (χ1v) is 6.75. The van der Waals surface area contributed by atoms with Crippen molar-refractivity contribution in [3.8, 4) is 22.5 Å². The van der Waals surface area contributed by atoms with Gasteiger partial charge in [-0.1, -0.05) is 35.3 Å². The average Bonchev–Trinajstić information content (AvgIpc) is 2.87. The maximum absolute atomic E-state index is 6.01. The molecule has 0 spiro atoms. The summed E-state index contributed by atoms with van der Waals surface area (Å²) in [5.74, 6) is 0. The Morgan fingerprint density at radius 2 is 1.65 bits per heavy atom. The number of hydrogen-bond donors (Lipinski definition) is 2. The molecule has 0 bridgehead atoms. The maximum atomic E-state index is 6.01. The summed E-state index contributed by atoms with van der Waals surface area (Å²) >= 11 is 12.0. The monoisotopic (exact) mass is 303 g/mol. The van der Waals surface area contributed by atoms with E-state index in [1.165, 1.54) is 0 Å². The van der Waals surface area contributed by atoms with E-state index in [2.05, 4.69) is 10.2 Å². The van der Waals surface area contributed by atoms with Gasteiger partial charge < -0.3 is 5.73 Å². The molecule has 1 heterocycles. The van der Waals surface area contributed by atoms with Crippen LogP contribution in [0.1, 0.15) is 0 Å². The van der Waals surface area contributed by atoms with Crippen LogP contribution in [0.3, 0.4) is 0 Å². The number of nitrogens with two attached hydrogens (primary N) is 1. The fourth-order valence-electron chi connectivity index (χ4n) is 2.03. The van der Waals surface area contributed by atoms with E-state index in [0.29, 0.717) is 15.7 Å². The minimum Gasteiger partial charge on any atom is -0.399 e. The van der Waals surface area contributed by atoms with E-state index in [-0.39, 0.29) is 0 Å².